The topological polar surface area (TPSA) is 24.1 Å². The Morgan fingerprint density at radius 3 is 2.55 bits per heavy atom. The average molecular weight is 294 g/mol. The molecule has 3 heteroatoms. The van der Waals surface area contributed by atoms with Gasteiger partial charge >= 0.3 is 0 Å². The van der Waals surface area contributed by atoms with Crippen molar-refractivity contribution in [3.8, 4) is 0 Å². The van der Waals surface area contributed by atoms with E-state index in [-0.39, 0.29) is 22.9 Å². The first-order valence-corrected chi connectivity index (χ1v) is 7.87. The zero-order valence-electron chi connectivity index (χ0n) is 14.4. The van der Waals surface area contributed by atoms with Crippen LogP contribution in [0.3, 0.4) is 0 Å². The molecule has 0 spiro atoms. The summed E-state index contributed by atoms with van der Waals surface area (Å²) in [4.78, 5) is 0. The van der Waals surface area contributed by atoms with Crippen LogP contribution in [0, 0.1) is 5.41 Å². The Morgan fingerprint density at radius 2 is 2.05 bits per heavy atom. The standard InChI is InChI=1S/C19H27BN2/c1-7-16(18(2,3)4)22-15-12-19(5,17(15)21-6)13-9-8-10-14(20)11-13/h7-12,16-17,21-22H,1H2,2-6H3. The van der Waals surface area contributed by atoms with Gasteiger partial charge in [-0.05, 0) is 18.0 Å². The normalized spacial score (nSPS) is 25.9. The third-order valence-electron chi connectivity index (χ3n) is 4.65. The van der Waals surface area contributed by atoms with E-state index in [0.717, 1.165) is 5.46 Å². The lowest BCUT2D eigenvalue weighted by molar-refractivity contribution is 0.293. The molecule has 2 radical (unpaired) electrons. The lowest BCUT2D eigenvalue weighted by Gasteiger charge is -2.48. The number of rotatable bonds is 5. The van der Waals surface area contributed by atoms with Crippen LogP contribution < -0.4 is 16.1 Å². The maximum Gasteiger partial charge on any atom is 0.113 e. The largest absolute Gasteiger partial charge is 0.381 e. The summed E-state index contributed by atoms with van der Waals surface area (Å²) in [6.07, 6.45) is 4.29. The van der Waals surface area contributed by atoms with E-state index in [1.807, 2.05) is 25.3 Å². The number of hydrogen-bond acceptors (Lipinski definition) is 2. The first kappa shape index (κ1) is 16.9. The molecule has 0 amide bonds. The van der Waals surface area contributed by atoms with Gasteiger partial charge in [0.15, 0.2) is 0 Å². The number of nitrogens with one attached hydrogen (secondary N) is 2. The van der Waals surface area contributed by atoms with Crippen molar-refractivity contribution in [2.24, 2.45) is 5.41 Å². The van der Waals surface area contributed by atoms with Crippen LogP contribution in [0.1, 0.15) is 33.3 Å². The highest BCUT2D eigenvalue weighted by molar-refractivity contribution is 6.32. The summed E-state index contributed by atoms with van der Waals surface area (Å²) in [5, 5.41) is 7.07. The molecular formula is C19H27BN2. The van der Waals surface area contributed by atoms with Gasteiger partial charge in [0.05, 0.1) is 6.04 Å². The first-order valence-electron chi connectivity index (χ1n) is 7.87. The summed E-state index contributed by atoms with van der Waals surface area (Å²) in [5.74, 6) is 0. The molecule has 2 nitrogen and oxygen atoms in total. The van der Waals surface area contributed by atoms with E-state index in [2.05, 4.69) is 63.1 Å². The van der Waals surface area contributed by atoms with E-state index in [4.69, 9.17) is 7.85 Å². The van der Waals surface area contributed by atoms with E-state index >= 15 is 0 Å². The minimum Gasteiger partial charge on any atom is -0.381 e. The van der Waals surface area contributed by atoms with E-state index in [1.54, 1.807) is 0 Å². The molecule has 3 atom stereocenters. The van der Waals surface area contributed by atoms with Crippen molar-refractivity contribution in [3.05, 3.63) is 54.3 Å². The molecule has 0 saturated carbocycles. The molecule has 0 aliphatic heterocycles. The highest BCUT2D eigenvalue weighted by Crippen LogP contribution is 2.41. The van der Waals surface area contributed by atoms with Crippen molar-refractivity contribution in [1.29, 1.82) is 0 Å². The molecule has 1 aromatic rings. The molecule has 0 bridgehead atoms. The molecule has 3 unspecified atom stereocenters. The quantitative estimate of drug-likeness (QED) is 0.644. The SMILES string of the molecule is [B]c1cccc(C2(C)C=C(NC(C=C)C(C)(C)C)C2NC)c1. The van der Waals surface area contributed by atoms with Gasteiger partial charge in [-0.15, -0.1) is 6.58 Å². The minimum atomic E-state index is -0.0456. The smallest absolute Gasteiger partial charge is 0.113 e. The van der Waals surface area contributed by atoms with Gasteiger partial charge in [-0.1, -0.05) is 69.6 Å². The van der Waals surface area contributed by atoms with Crippen LogP contribution in [0.25, 0.3) is 0 Å². The Kier molecular flexibility index (Phi) is 4.58. The Balaban J connectivity index is 2.27. The fraction of sp³-hybridized carbons (Fsp3) is 0.474. The third kappa shape index (κ3) is 3.00. The van der Waals surface area contributed by atoms with Crippen molar-refractivity contribution in [1.82, 2.24) is 10.6 Å². The van der Waals surface area contributed by atoms with Crippen LogP contribution in [-0.4, -0.2) is 27.0 Å². The molecule has 2 rings (SSSR count). The van der Waals surface area contributed by atoms with Crippen LogP contribution in [0.4, 0.5) is 0 Å². The highest BCUT2D eigenvalue weighted by atomic mass is 15.1. The molecule has 0 heterocycles. The fourth-order valence-corrected chi connectivity index (χ4v) is 3.23. The van der Waals surface area contributed by atoms with Crippen molar-refractivity contribution in [2.45, 2.75) is 45.2 Å². The maximum atomic E-state index is 5.94. The lowest BCUT2D eigenvalue weighted by atomic mass is 9.65. The van der Waals surface area contributed by atoms with Gasteiger partial charge in [-0.2, -0.15) is 0 Å². The Morgan fingerprint density at radius 1 is 1.36 bits per heavy atom. The van der Waals surface area contributed by atoms with Gasteiger partial charge in [0.1, 0.15) is 7.85 Å². The van der Waals surface area contributed by atoms with E-state index in [0.29, 0.717) is 0 Å². The van der Waals surface area contributed by atoms with Crippen LogP contribution in [0.2, 0.25) is 0 Å². The predicted molar refractivity (Wildman–Crippen MR) is 96.7 cm³/mol. The first-order chi connectivity index (χ1) is 10.2. The summed E-state index contributed by atoms with van der Waals surface area (Å²) in [7, 11) is 7.95. The zero-order chi connectivity index (χ0) is 16.5. The molecular weight excluding hydrogens is 267 g/mol. The van der Waals surface area contributed by atoms with Crippen molar-refractivity contribution >= 4 is 13.3 Å². The van der Waals surface area contributed by atoms with Gasteiger partial charge in [-0.3, -0.25) is 0 Å². The molecule has 116 valence electrons. The van der Waals surface area contributed by atoms with E-state index in [1.165, 1.54) is 11.3 Å². The second-order valence-corrected chi connectivity index (χ2v) is 7.45. The van der Waals surface area contributed by atoms with E-state index in [9.17, 15) is 0 Å². The fourth-order valence-electron chi connectivity index (χ4n) is 3.23. The van der Waals surface area contributed by atoms with Crippen LogP contribution in [-0.2, 0) is 5.41 Å². The molecule has 1 aromatic carbocycles. The van der Waals surface area contributed by atoms with Crippen LogP contribution >= 0.6 is 0 Å². The summed E-state index contributed by atoms with van der Waals surface area (Å²) in [5.41, 5.74) is 3.36. The second kappa shape index (κ2) is 5.96. The monoisotopic (exact) mass is 294 g/mol. The van der Waals surface area contributed by atoms with Gasteiger partial charge in [0, 0.05) is 17.2 Å². The van der Waals surface area contributed by atoms with Crippen LogP contribution in [0.15, 0.2) is 48.7 Å². The Labute approximate surface area is 136 Å². The van der Waals surface area contributed by atoms with Crippen molar-refractivity contribution in [3.63, 3.8) is 0 Å². The summed E-state index contributed by atoms with van der Waals surface area (Å²) < 4.78 is 0. The van der Waals surface area contributed by atoms with E-state index < -0.39 is 0 Å². The minimum absolute atomic E-state index is 0.0456. The lowest BCUT2D eigenvalue weighted by Crippen LogP contribution is -2.58. The zero-order valence-corrected chi connectivity index (χ0v) is 14.4. The Bertz CT molecular complexity index is 585. The van der Waals surface area contributed by atoms with Crippen molar-refractivity contribution < 1.29 is 0 Å². The predicted octanol–water partition coefficient (Wildman–Crippen LogP) is 2.41. The number of benzene rings is 1. The highest BCUT2D eigenvalue weighted by Gasteiger charge is 2.44. The molecule has 0 fully saturated rings. The van der Waals surface area contributed by atoms with Crippen molar-refractivity contribution in [2.75, 3.05) is 7.05 Å². The third-order valence-corrected chi connectivity index (χ3v) is 4.65. The van der Waals surface area contributed by atoms with Gasteiger partial charge in [0.25, 0.3) is 0 Å². The second-order valence-electron chi connectivity index (χ2n) is 7.45. The van der Waals surface area contributed by atoms with Gasteiger partial charge < -0.3 is 10.6 Å². The molecule has 1 aliphatic rings. The number of likely N-dealkylation sites (N-methyl/N-ethyl adjacent to an activating group) is 1. The molecule has 0 saturated heterocycles. The summed E-state index contributed by atoms with van der Waals surface area (Å²) in [6.45, 7) is 12.9. The number of hydrogen-bond donors (Lipinski definition) is 2. The molecule has 2 N–H and O–H groups in total. The molecule has 1 aliphatic carbocycles. The maximum absolute atomic E-state index is 5.94. The molecule has 22 heavy (non-hydrogen) atoms. The van der Waals surface area contributed by atoms with Crippen LogP contribution in [0.5, 0.6) is 0 Å². The average Bonchev–Trinajstić information content (AvgIpc) is 2.41. The Hall–Kier alpha value is -1.48. The summed E-state index contributed by atoms with van der Waals surface area (Å²) >= 11 is 0. The van der Waals surface area contributed by atoms with Gasteiger partial charge in [-0.25, -0.2) is 0 Å². The summed E-state index contributed by atoms with van der Waals surface area (Å²) in [6, 6.07) is 8.63. The van der Waals surface area contributed by atoms with Gasteiger partial charge in [0.2, 0.25) is 0 Å². The molecule has 0 aromatic heterocycles.